The van der Waals surface area contributed by atoms with E-state index in [1.54, 1.807) is 142 Å². The molecule has 13 nitrogen and oxygen atoms in total. The van der Waals surface area contributed by atoms with Gasteiger partial charge in [0.15, 0.2) is 5.78 Å². The maximum absolute atomic E-state index is 14.0. The average molecular weight is 1440 g/mol. The van der Waals surface area contributed by atoms with Gasteiger partial charge in [0.25, 0.3) is 0 Å². The van der Waals surface area contributed by atoms with E-state index < -0.39 is 64.2 Å². The number of fused-ring (bicyclic) bond motifs is 2. The van der Waals surface area contributed by atoms with Crippen molar-refractivity contribution in [1.29, 1.82) is 0 Å². The lowest BCUT2D eigenvalue weighted by molar-refractivity contribution is -0.139. The molecule has 0 aliphatic heterocycles. The van der Waals surface area contributed by atoms with Gasteiger partial charge in [0.2, 0.25) is 0 Å². The molecule has 0 saturated carbocycles. The third-order valence-corrected chi connectivity index (χ3v) is 18.9. The lowest BCUT2D eigenvalue weighted by Crippen LogP contribution is -2.09. The van der Waals surface area contributed by atoms with Crippen molar-refractivity contribution in [3.8, 4) is 22.6 Å². The van der Waals surface area contributed by atoms with Crippen LogP contribution < -0.4 is 4.74 Å². The maximum atomic E-state index is 14.0. The zero-order valence-corrected chi connectivity index (χ0v) is 59.5. The number of carbonyl (C=O) groups excluding carboxylic acids is 1. The predicted octanol–water partition coefficient (Wildman–Crippen LogP) is 20.2. The molecule has 2 aliphatic rings. The van der Waals surface area contributed by atoms with Gasteiger partial charge in [0.05, 0.1) is 30.6 Å². The number of rotatable bonds is 19. The van der Waals surface area contributed by atoms with Gasteiger partial charge in [-0.15, -0.1) is 11.8 Å². The molecular formula is C86H75F3O13S2. The Morgan fingerprint density at radius 3 is 1.31 bits per heavy atom. The average Bonchev–Trinajstić information content (AvgIpc) is 1.62. The van der Waals surface area contributed by atoms with E-state index >= 15 is 0 Å². The molecule has 12 rings (SSSR count). The highest BCUT2D eigenvalue weighted by molar-refractivity contribution is 7.98. The van der Waals surface area contributed by atoms with E-state index in [9.17, 15) is 51.3 Å². The fourth-order valence-electron chi connectivity index (χ4n) is 11.3. The Hall–Kier alpha value is -11.7. The zero-order chi connectivity index (χ0) is 75.3. The summed E-state index contributed by atoms with van der Waals surface area (Å²) in [4.78, 5) is 69.3. The molecule has 0 heterocycles. The number of ketones is 1. The molecule has 18 heteroatoms. The minimum atomic E-state index is -1.04. The number of halogens is 3. The second-order valence-electron chi connectivity index (χ2n) is 24.2. The number of ether oxygens (including phenoxy) is 1. The van der Waals surface area contributed by atoms with Crippen LogP contribution in [0.1, 0.15) is 131 Å². The first-order valence-corrected chi connectivity index (χ1v) is 35.5. The molecule has 0 spiro atoms. The minimum Gasteiger partial charge on any atom is -0.481 e. The van der Waals surface area contributed by atoms with E-state index in [0.29, 0.717) is 55.8 Å². The van der Waals surface area contributed by atoms with Crippen molar-refractivity contribution in [3.05, 3.63) is 332 Å². The highest BCUT2D eigenvalue weighted by atomic mass is 32.2. The summed E-state index contributed by atoms with van der Waals surface area (Å²) in [6.45, 7) is 8.56. The maximum Gasteiger partial charge on any atom is 0.310 e. The van der Waals surface area contributed by atoms with Crippen LogP contribution in [-0.4, -0.2) is 77.9 Å². The number of allylic oxidation sites excluding steroid dienone is 4. The number of benzene rings is 10. The van der Waals surface area contributed by atoms with Crippen molar-refractivity contribution in [3.63, 3.8) is 0 Å². The van der Waals surface area contributed by atoms with Gasteiger partial charge in [-0.2, -0.15) is 0 Å². The molecule has 0 radical (unpaired) electrons. The van der Waals surface area contributed by atoms with E-state index in [2.05, 4.69) is 12.1 Å². The van der Waals surface area contributed by atoms with Gasteiger partial charge in [-0.25, -0.2) is 13.2 Å². The molecule has 530 valence electrons. The lowest BCUT2D eigenvalue weighted by Gasteiger charge is -2.10. The van der Waals surface area contributed by atoms with Crippen molar-refractivity contribution in [2.24, 2.45) is 0 Å². The van der Waals surface area contributed by atoms with Gasteiger partial charge in [-0.1, -0.05) is 158 Å². The molecule has 0 saturated heterocycles. The van der Waals surface area contributed by atoms with E-state index in [1.807, 2.05) is 129 Å². The van der Waals surface area contributed by atoms with Crippen LogP contribution in [-0.2, 0) is 34.8 Å². The highest BCUT2D eigenvalue weighted by Gasteiger charge is 2.28. The van der Waals surface area contributed by atoms with E-state index in [0.717, 1.165) is 66.3 Å². The smallest absolute Gasteiger partial charge is 0.310 e. The molecule has 104 heavy (non-hydrogen) atoms. The molecule has 4 unspecified atom stereocenters. The lowest BCUT2D eigenvalue weighted by atomic mass is 9.96. The Kier molecular flexibility index (Phi) is 27.6. The van der Waals surface area contributed by atoms with Gasteiger partial charge >= 0.3 is 29.8 Å². The fraction of sp³-hybridized carbons (Fsp3) is 0.140. The standard InChI is InChI=1S/C20H17FO3S.C20H17FO2S.C16H14O3.C15H13FO2.C15H14O3/c1-12-17(9-13-3-6-15(7-4-13)25(2)24)16-8-5-14(21)10-19(16)18(12)11-20(22)23;1-12-17(9-13-3-6-15(24-2)7-4-13)16-8-5-14(21)10-19(16)18(12)11-20(22)23;1-11(16(18)19)13-8-5-9-14(10-13)15(17)12-6-3-2-4-7-12;1-10(15(17)18)12-7-8-13(14(16)9-12)11-5-3-2-4-6-11;1-11(15(16)17)12-6-5-9-14(10-12)18-13-7-3-2-4-8-13/h3-10H,11H2,1-2H3,(H,22,23);3-10H,11H2,1-2H3,(H,22,23);2-11H,1H3,(H,18,19);2-10H,1H3,(H,17,18);2-11H,1H3,(H,16,17)/b17-9-;;;;. The summed E-state index contributed by atoms with van der Waals surface area (Å²) >= 11 is 1.68. The van der Waals surface area contributed by atoms with Gasteiger partial charge < -0.3 is 30.3 Å². The van der Waals surface area contributed by atoms with Crippen molar-refractivity contribution in [2.45, 2.75) is 75.0 Å². The van der Waals surface area contributed by atoms with E-state index in [-0.39, 0.29) is 30.3 Å². The van der Waals surface area contributed by atoms with Gasteiger partial charge in [0.1, 0.15) is 29.0 Å². The number of hydrogen-bond donors (Lipinski definition) is 5. The number of carbonyl (C=O) groups is 6. The Balaban J connectivity index is 0.000000166. The number of thioether (sulfide) groups is 1. The summed E-state index contributed by atoms with van der Waals surface area (Å²) in [7, 11) is -1.04. The molecule has 2 aliphatic carbocycles. The summed E-state index contributed by atoms with van der Waals surface area (Å²) in [6.07, 6.45) is 7.38. The summed E-state index contributed by atoms with van der Waals surface area (Å²) in [6, 6.07) is 70.6. The van der Waals surface area contributed by atoms with Gasteiger partial charge in [-0.05, 0) is 227 Å². The van der Waals surface area contributed by atoms with Crippen LogP contribution in [0.2, 0.25) is 0 Å². The van der Waals surface area contributed by atoms with Crippen LogP contribution in [0, 0.1) is 17.5 Å². The number of carboxylic acids is 5. The Morgan fingerprint density at radius 2 is 0.856 bits per heavy atom. The number of hydrogen-bond acceptors (Lipinski definition) is 9. The SMILES string of the molecule is CC(C(=O)O)c1ccc(-c2ccccc2)c(F)c1.CC(C(=O)O)c1cccc(C(=O)c2ccccc2)c1.CC(C(=O)O)c1cccc(Oc2ccccc2)c1.CC1=C(CC(=O)O)c2cc(F)ccc2/C1=C\c1ccc(S(C)=O)cc1.CSc1ccc(C=C2C(C)=C(CC(=O)O)c3cc(F)ccc32)cc1. The molecule has 4 atom stereocenters. The summed E-state index contributed by atoms with van der Waals surface area (Å²) in [5, 5.41) is 45.2. The van der Waals surface area contributed by atoms with Crippen LogP contribution in [0.25, 0.3) is 45.6 Å². The first-order chi connectivity index (χ1) is 49.7. The van der Waals surface area contributed by atoms with Gasteiger partial charge in [0, 0.05) is 43.5 Å². The normalized spacial score (nSPS) is 13.7. The van der Waals surface area contributed by atoms with Crippen molar-refractivity contribution >= 4 is 92.6 Å². The fourth-order valence-corrected chi connectivity index (χ4v) is 12.2. The van der Waals surface area contributed by atoms with Crippen LogP contribution in [0.15, 0.2) is 264 Å². The zero-order valence-electron chi connectivity index (χ0n) is 57.8. The second kappa shape index (κ2) is 36.7. The molecule has 0 aromatic heterocycles. The van der Waals surface area contributed by atoms with Crippen LogP contribution >= 0.6 is 11.8 Å². The molecule has 10 aromatic carbocycles. The first kappa shape index (κ1) is 78.0. The summed E-state index contributed by atoms with van der Waals surface area (Å²) in [5.41, 5.74) is 14.1. The van der Waals surface area contributed by atoms with Crippen LogP contribution in [0.4, 0.5) is 13.2 Å². The number of carboxylic acid groups (broad SMARTS) is 5. The third-order valence-electron chi connectivity index (χ3n) is 17.2. The Bertz CT molecular complexity index is 4940. The molecule has 0 amide bonds. The quantitative estimate of drug-likeness (QED) is 0.0375. The second-order valence-corrected chi connectivity index (χ2v) is 26.5. The topological polar surface area (TPSA) is 230 Å². The van der Waals surface area contributed by atoms with Crippen LogP contribution in [0.3, 0.4) is 0 Å². The summed E-state index contributed by atoms with van der Waals surface area (Å²) < 4.78 is 58.4. The predicted molar refractivity (Wildman–Crippen MR) is 404 cm³/mol. The van der Waals surface area contributed by atoms with Crippen molar-refractivity contribution in [2.75, 3.05) is 12.5 Å². The molecule has 0 fully saturated rings. The van der Waals surface area contributed by atoms with Crippen LogP contribution in [0.5, 0.6) is 11.5 Å². The largest absolute Gasteiger partial charge is 0.481 e. The number of para-hydroxylation sites is 1. The van der Waals surface area contributed by atoms with E-state index in [1.165, 1.54) is 35.2 Å². The van der Waals surface area contributed by atoms with Gasteiger partial charge in [-0.3, -0.25) is 33.0 Å². The highest BCUT2D eigenvalue weighted by Crippen LogP contribution is 2.45. The minimum absolute atomic E-state index is 0.0972. The summed E-state index contributed by atoms with van der Waals surface area (Å²) in [5.74, 6) is -6.27. The van der Waals surface area contributed by atoms with Crippen molar-refractivity contribution < 1.29 is 76.4 Å². The number of aliphatic carboxylic acids is 5. The van der Waals surface area contributed by atoms with Crippen molar-refractivity contribution in [1.82, 2.24) is 0 Å². The molecule has 0 bridgehead atoms. The molecular weight excluding hydrogens is 1360 g/mol. The monoisotopic (exact) mass is 1440 g/mol. The first-order valence-electron chi connectivity index (χ1n) is 32.7. The third kappa shape index (κ3) is 21.0. The Labute approximate surface area is 608 Å². The molecule has 10 aromatic rings. The Morgan fingerprint density at radius 1 is 0.442 bits per heavy atom. The van der Waals surface area contributed by atoms with E-state index in [4.69, 9.17) is 25.2 Å². The molecule has 5 N–H and O–H groups in total.